The number of amides is 2. The van der Waals surface area contributed by atoms with Gasteiger partial charge in [-0.3, -0.25) is 4.79 Å². The van der Waals surface area contributed by atoms with Crippen molar-refractivity contribution in [3.05, 3.63) is 58.1 Å². The van der Waals surface area contributed by atoms with Gasteiger partial charge >= 0.3 is 6.03 Å². The first-order chi connectivity index (χ1) is 15.4. The van der Waals surface area contributed by atoms with Crippen molar-refractivity contribution in [3.63, 3.8) is 0 Å². The van der Waals surface area contributed by atoms with E-state index in [1.165, 1.54) is 24.4 Å². The number of rotatable bonds is 5. The molecule has 11 heteroatoms. The number of hydrogen-bond donors (Lipinski definition) is 3. The van der Waals surface area contributed by atoms with Crippen molar-refractivity contribution in [1.29, 1.82) is 5.26 Å². The highest BCUT2D eigenvalue weighted by atomic mass is 79.9. The van der Waals surface area contributed by atoms with Crippen LogP contribution in [0.15, 0.2) is 46.2 Å². The molecule has 166 valence electrons. The average molecular weight is 503 g/mol. The van der Waals surface area contributed by atoms with Gasteiger partial charge in [0.25, 0.3) is 0 Å². The standard InChI is InChI=1S/C21H20BrFN6O3/c22-17-10-15(1-2-18(17)23)27-20(28-32)19(30)14-4-7-29(8-5-14)21(31)26-12-13-3-6-25-16(9-13)11-24/h1-3,6,9-10,14,32H,4-5,7-8,12H2,(H,26,31)(H,27,28). The molecular weight excluding hydrogens is 483 g/mol. The highest BCUT2D eigenvalue weighted by Crippen LogP contribution is 2.22. The van der Waals surface area contributed by atoms with Crippen molar-refractivity contribution in [2.75, 3.05) is 18.4 Å². The van der Waals surface area contributed by atoms with Crippen molar-refractivity contribution in [3.8, 4) is 6.07 Å². The highest BCUT2D eigenvalue weighted by Gasteiger charge is 2.30. The molecule has 1 aromatic carbocycles. The van der Waals surface area contributed by atoms with Gasteiger partial charge in [-0.2, -0.15) is 5.26 Å². The minimum Gasteiger partial charge on any atom is -0.409 e. The number of oxime groups is 1. The second-order valence-electron chi connectivity index (χ2n) is 7.15. The first-order valence-electron chi connectivity index (χ1n) is 9.77. The number of halogens is 2. The van der Waals surface area contributed by atoms with E-state index in [2.05, 4.69) is 36.7 Å². The van der Waals surface area contributed by atoms with Crippen LogP contribution in [0.25, 0.3) is 0 Å². The van der Waals surface area contributed by atoms with Crippen LogP contribution in [-0.4, -0.2) is 45.8 Å². The molecule has 0 radical (unpaired) electrons. The number of nitriles is 1. The van der Waals surface area contributed by atoms with E-state index in [9.17, 15) is 19.2 Å². The first-order valence-corrected chi connectivity index (χ1v) is 10.6. The van der Waals surface area contributed by atoms with Crippen LogP contribution in [0.1, 0.15) is 24.1 Å². The molecule has 3 rings (SSSR count). The zero-order valence-corrected chi connectivity index (χ0v) is 18.5. The monoisotopic (exact) mass is 502 g/mol. The predicted molar refractivity (Wildman–Crippen MR) is 117 cm³/mol. The summed E-state index contributed by atoms with van der Waals surface area (Å²) < 4.78 is 13.6. The third kappa shape index (κ3) is 5.79. The number of anilines is 1. The zero-order valence-electron chi connectivity index (χ0n) is 16.9. The maximum absolute atomic E-state index is 13.4. The molecule has 2 aromatic rings. The lowest BCUT2D eigenvalue weighted by atomic mass is 9.92. The average Bonchev–Trinajstić information content (AvgIpc) is 2.83. The molecule has 9 nitrogen and oxygen atoms in total. The molecule has 32 heavy (non-hydrogen) atoms. The van der Waals surface area contributed by atoms with E-state index in [1.54, 1.807) is 17.0 Å². The largest absolute Gasteiger partial charge is 0.409 e. The quantitative estimate of drug-likeness (QED) is 0.249. The SMILES string of the molecule is N#Cc1cc(CNC(=O)N2CCC(C(=O)/C(=N/O)Nc3ccc(F)c(Br)c3)CC2)ccn1. The van der Waals surface area contributed by atoms with E-state index < -0.39 is 11.7 Å². The smallest absolute Gasteiger partial charge is 0.317 e. The molecule has 0 unspecified atom stereocenters. The third-order valence-electron chi connectivity index (χ3n) is 5.05. The van der Waals surface area contributed by atoms with E-state index in [0.717, 1.165) is 5.56 Å². The van der Waals surface area contributed by atoms with Gasteiger partial charge < -0.3 is 20.7 Å². The summed E-state index contributed by atoms with van der Waals surface area (Å²) in [4.78, 5) is 30.7. The lowest BCUT2D eigenvalue weighted by Gasteiger charge is -2.31. The van der Waals surface area contributed by atoms with Gasteiger partial charge in [-0.15, -0.1) is 0 Å². The molecule has 0 aliphatic carbocycles. The fourth-order valence-corrected chi connectivity index (χ4v) is 3.70. The van der Waals surface area contributed by atoms with Crippen molar-refractivity contribution < 1.29 is 19.2 Å². The van der Waals surface area contributed by atoms with Gasteiger partial charge in [-0.05, 0) is 64.7 Å². The third-order valence-corrected chi connectivity index (χ3v) is 5.66. The number of piperidine rings is 1. The lowest BCUT2D eigenvalue weighted by Crippen LogP contribution is -2.46. The fraction of sp³-hybridized carbons (Fsp3) is 0.286. The number of benzene rings is 1. The molecule has 3 N–H and O–H groups in total. The molecule has 1 saturated heterocycles. The molecule has 1 aliphatic rings. The number of hydrogen-bond acceptors (Lipinski definition) is 6. The van der Waals surface area contributed by atoms with Crippen LogP contribution < -0.4 is 10.6 Å². The maximum atomic E-state index is 13.4. The molecule has 0 spiro atoms. The van der Waals surface area contributed by atoms with Gasteiger partial charge in [0.1, 0.15) is 17.6 Å². The van der Waals surface area contributed by atoms with Crippen LogP contribution >= 0.6 is 15.9 Å². The second kappa shape index (κ2) is 10.7. The number of carbonyl (C=O) groups excluding carboxylic acids is 2. The molecule has 0 bridgehead atoms. The minimum absolute atomic E-state index is 0.210. The molecular formula is C21H20BrFN6O3. The zero-order chi connectivity index (χ0) is 23.1. The van der Waals surface area contributed by atoms with Gasteiger partial charge in [0.2, 0.25) is 11.6 Å². The second-order valence-corrected chi connectivity index (χ2v) is 8.00. The van der Waals surface area contributed by atoms with E-state index in [4.69, 9.17) is 5.26 Å². The lowest BCUT2D eigenvalue weighted by molar-refractivity contribution is -0.117. The minimum atomic E-state index is -0.454. The Kier molecular flexibility index (Phi) is 7.72. The summed E-state index contributed by atoms with van der Waals surface area (Å²) in [5, 5.41) is 26.8. The van der Waals surface area contributed by atoms with Gasteiger partial charge in [0.05, 0.1) is 4.47 Å². The van der Waals surface area contributed by atoms with Crippen LogP contribution in [-0.2, 0) is 11.3 Å². The number of nitrogens with one attached hydrogen (secondary N) is 2. The van der Waals surface area contributed by atoms with Gasteiger partial charge in [-0.1, -0.05) is 5.16 Å². The molecule has 0 atom stereocenters. The highest BCUT2D eigenvalue weighted by molar-refractivity contribution is 9.10. The molecule has 1 aliphatic heterocycles. The van der Waals surface area contributed by atoms with Gasteiger partial charge in [0, 0.05) is 37.4 Å². The molecule has 1 fully saturated rings. The van der Waals surface area contributed by atoms with Crippen molar-refractivity contribution in [1.82, 2.24) is 15.2 Å². The van der Waals surface area contributed by atoms with Crippen molar-refractivity contribution in [2.24, 2.45) is 11.1 Å². The number of Topliss-reactive ketones (excluding diaryl/α,β-unsaturated/α-hetero) is 1. The molecule has 2 amide bonds. The summed E-state index contributed by atoms with van der Waals surface area (Å²) in [6, 6.07) is 9.08. The van der Waals surface area contributed by atoms with E-state index >= 15 is 0 Å². The summed E-state index contributed by atoms with van der Waals surface area (Å²) in [7, 11) is 0. The summed E-state index contributed by atoms with van der Waals surface area (Å²) in [5.74, 6) is -1.49. The summed E-state index contributed by atoms with van der Waals surface area (Å²) in [6.45, 7) is 0.985. The number of ketones is 1. The Morgan fingerprint density at radius 2 is 2.06 bits per heavy atom. The maximum Gasteiger partial charge on any atom is 0.317 e. The Balaban J connectivity index is 1.51. The van der Waals surface area contributed by atoms with E-state index in [1.807, 2.05) is 6.07 Å². The molecule has 2 heterocycles. The van der Waals surface area contributed by atoms with Crippen LogP contribution in [0.4, 0.5) is 14.9 Å². The first kappa shape index (κ1) is 23.1. The Hall–Kier alpha value is -3.52. The van der Waals surface area contributed by atoms with Crippen molar-refractivity contribution in [2.45, 2.75) is 19.4 Å². The summed E-state index contributed by atoms with van der Waals surface area (Å²) in [6.07, 6.45) is 2.33. The number of likely N-dealkylation sites (tertiary alicyclic amines) is 1. The molecule has 0 saturated carbocycles. The number of aromatic nitrogens is 1. The Bertz CT molecular complexity index is 1080. The van der Waals surface area contributed by atoms with Crippen LogP contribution in [0, 0.1) is 23.1 Å². The van der Waals surface area contributed by atoms with Crippen LogP contribution in [0.2, 0.25) is 0 Å². The fourth-order valence-electron chi connectivity index (χ4n) is 3.32. The topological polar surface area (TPSA) is 131 Å². The number of amidine groups is 1. The predicted octanol–water partition coefficient (Wildman–Crippen LogP) is 3.25. The molecule has 1 aromatic heterocycles. The Morgan fingerprint density at radius 3 is 2.72 bits per heavy atom. The van der Waals surface area contributed by atoms with Gasteiger partial charge in [0.15, 0.2) is 0 Å². The normalized spacial score (nSPS) is 14.5. The number of carbonyl (C=O) groups is 2. The van der Waals surface area contributed by atoms with Crippen molar-refractivity contribution >= 4 is 39.3 Å². The number of pyridine rings is 1. The number of nitrogens with zero attached hydrogens (tertiary/aromatic N) is 4. The Labute approximate surface area is 192 Å². The van der Waals surface area contributed by atoms with E-state index in [0.29, 0.717) is 31.6 Å². The van der Waals surface area contributed by atoms with Gasteiger partial charge in [-0.25, -0.2) is 14.2 Å². The number of urea groups is 1. The summed E-state index contributed by atoms with van der Waals surface area (Å²) in [5.41, 5.74) is 1.43. The summed E-state index contributed by atoms with van der Waals surface area (Å²) >= 11 is 3.06. The van der Waals surface area contributed by atoms with E-state index in [-0.39, 0.29) is 34.4 Å². The van der Waals surface area contributed by atoms with Crippen LogP contribution in [0.3, 0.4) is 0 Å². The Morgan fingerprint density at radius 1 is 1.31 bits per heavy atom. The van der Waals surface area contributed by atoms with Crippen LogP contribution in [0.5, 0.6) is 0 Å².